The second-order valence-corrected chi connectivity index (χ2v) is 11.3. The van der Waals surface area contributed by atoms with Crippen LogP contribution < -0.4 is 0 Å². The van der Waals surface area contributed by atoms with Crippen molar-refractivity contribution in [3.05, 3.63) is 0 Å². The highest BCUT2D eigenvalue weighted by molar-refractivity contribution is 6.74. The maximum absolute atomic E-state index is 11.4. The zero-order chi connectivity index (χ0) is 16.1. The first-order valence-electron chi connectivity index (χ1n) is 7.03. The number of carbonyl (C=O) groups excluding carboxylic acids is 1. The molecule has 0 saturated carbocycles. The van der Waals surface area contributed by atoms with E-state index in [1.54, 1.807) is 6.92 Å². The second kappa shape index (κ2) is 7.33. The molecule has 5 nitrogen and oxygen atoms in total. The molecule has 1 unspecified atom stereocenters. The van der Waals surface area contributed by atoms with E-state index in [4.69, 9.17) is 14.6 Å². The molecule has 20 heavy (non-hydrogen) atoms. The van der Waals surface area contributed by atoms with E-state index in [1.165, 1.54) is 0 Å². The fourth-order valence-corrected chi connectivity index (χ4v) is 2.96. The summed E-state index contributed by atoms with van der Waals surface area (Å²) in [4.78, 5) is 11.4. The molecule has 2 atom stereocenters. The third-order valence-corrected chi connectivity index (χ3v) is 8.29. The first-order valence-corrected chi connectivity index (χ1v) is 9.94. The van der Waals surface area contributed by atoms with Crippen LogP contribution in [-0.4, -0.2) is 43.9 Å². The molecule has 0 radical (unpaired) electrons. The molecule has 0 fully saturated rings. The van der Waals surface area contributed by atoms with Gasteiger partial charge in [0.15, 0.2) is 8.32 Å². The van der Waals surface area contributed by atoms with Crippen LogP contribution in [0.1, 0.15) is 41.0 Å². The molecule has 0 aliphatic heterocycles. The molecule has 0 amide bonds. The average Bonchev–Trinajstić information content (AvgIpc) is 2.25. The Morgan fingerprint density at radius 2 is 1.85 bits per heavy atom. The minimum Gasteiger partial charge on any atom is -0.461 e. The summed E-state index contributed by atoms with van der Waals surface area (Å²) in [6.07, 6.45) is -1.13. The van der Waals surface area contributed by atoms with E-state index in [-0.39, 0.29) is 24.2 Å². The summed E-state index contributed by atoms with van der Waals surface area (Å²) in [7, 11) is -1.91. The van der Waals surface area contributed by atoms with Gasteiger partial charge in [-0.05, 0) is 32.0 Å². The number of hydrogen-bond donors (Lipinski definition) is 2. The Kier molecular flexibility index (Phi) is 7.07. The minimum atomic E-state index is -1.91. The number of aliphatic hydroxyl groups is 1. The van der Waals surface area contributed by atoms with Crippen molar-refractivity contribution < 1.29 is 19.1 Å². The lowest BCUT2D eigenvalue weighted by Crippen LogP contribution is -2.44. The minimum absolute atomic E-state index is 0.0842. The molecular weight excluding hydrogens is 274 g/mol. The van der Waals surface area contributed by atoms with Crippen LogP contribution in [0.4, 0.5) is 0 Å². The molecule has 0 aromatic carbocycles. The average molecular weight is 303 g/mol. The van der Waals surface area contributed by atoms with E-state index in [0.717, 1.165) is 0 Å². The van der Waals surface area contributed by atoms with Gasteiger partial charge in [-0.2, -0.15) is 0 Å². The van der Waals surface area contributed by atoms with Crippen molar-refractivity contribution in [2.24, 2.45) is 0 Å². The maximum atomic E-state index is 11.4. The first-order chi connectivity index (χ1) is 8.92. The van der Waals surface area contributed by atoms with Crippen LogP contribution in [0.5, 0.6) is 0 Å². The maximum Gasteiger partial charge on any atom is 0.354 e. The van der Waals surface area contributed by atoms with Gasteiger partial charge >= 0.3 is 5.97 Å². The van der Waals surface area contributed by atoms with Gasteiger partial charge < -0.3 is 14.3 Å². The number of aliphatic hydroxyl groups excluding tert-OH is 1. The van der Waals surface area contributed by atoms with E-state index < -0.39 is 26.1 Å². The number of nitrogens with one attached hydrogen (secondary N) is 1. The van der Waals surface area contributed by atoms with Gasteiger partial charge in [-0.15, -0.1) is 0 Å². The molecule has 0 saturated heterocycles. The molecule has 6 heteroatoms. The predicted octanol–water partition coefficient (Wildman–Crippen LogP) is 2.73. The van der Waals surface area contributed by atoms with Gasteiger partial charge in [-0.3, -0.25) is 5.41 Å². The number of hydrogen-bond acceptors (Lipinski definition) is 5. The molecule has 0 spiro atoms. The molecule has 0 bridgehead atoms. The van der Waals surface area contributed by atoms with Crippen LogP contribution in [0.3, 0.4) is 0 Å². The van der Waals surface area contributed by atoms with Gasteiger partial charge in [0.1, 0.15) is 11.8 Å². The Hall–Kier alpha value is -0.723. The fraction of sp³-hybridized carbons (Fsp3) is 0.857. The highest BCUT2D eigenvalue weighted by Gasteiger charge is 2.39. The lowest BCUT2D eigenvalue weighted by molar-refractivity contribution is -0.135. The van der Waals surface area contributed by atoms with Crippen molar-refractivity contribution in [2.45, 2.75) is 71.4 Å². The lowest BCUT2D eigenvalue weighted by atomic mass is 10.1. The molecule has 0 aliphatic rings. The Labute approximate surface area is 123 Å². The van der Waals surface area contributed by atoms with E-state index >= 15 is 0 Å². The lowest BCUT2D eigenvalue weighted by Gasteiger charge is -2.38. The molecule has 0 heterocycles. The summed E-state index contributed by atoms with van der Waals surface area (Å²) in [6, 6.07) is 0. The van der Waals surface area contributed by atoms with Crippen LogP contribution in [0.15, 0.2) is 0 Å². The molecule has 0 aromatic heterocycles. The third-order valence-electron chi connectivity index (χ3n) is 3.69. The molecule has 2 N–H and O–H groups in total. The Balaban J connectivity index is 4.51. The number of carbonyl (C=O) groups is 1. The van der Waals surface area contributed by atoms with Gasteiger partial charge in [-0.1, -0.05) is 20.8 Å². The van der Waals surface area contributed by atoms with E-state index in [1.807, 2.05) is 6.92 Å². The van der Waals surface area contributed by atoms with E-state index in [9.17, 15) is 9.90 Å². The van der Waals surface area contributed by atoms with E-state index in [0.29, 0.717) is 0 Å². The van der Waals surface area contributed by atoms with E-state index in [2.05, 4.69) is 33.9 Å². The van der Waals surface area contributed by atoms with Crippen molar-refractivity contribution in [3.8, 4) is 0 Å². The van der Waals surface area contributed by atoms with Crippen molar-refractivity contribution in [1.29, 1.82) is 5.41 Å². The zero-order valence-corrected chi connectivity index (χ0v) is 14.7. The molecular formula is C14H29NO4Si. The number of ether oxygens (including phenoxy) is 1. The standard InChI is InChI=1S/C14H29NO4Si/c1-8-18-13(17)12(15)11(16)9-10(2)19-20(6,7)14(3,4)5/h10-11,15-16H,8-9H2,1-7H3/t10-,11?/m0/s1. The highest BCUT2D eigenvalue weighted by Crippen LogP contribution is 2.37. The van der Waals surface area contributed by atoms with Crippen LogP contribution in [0.2, 0.25) is 18.1 Å². The quantitative estimate of drug-likeness (QED) is 0.430. The summed E-state index contributed by atoms with van der Waals surface area (Å²) in [5.74, 6) is -0.764. The van der Waals surface area contributed by atoms with Crippen molar-refractivity contribution in [1.82, 2.24) is 0 Å². The summed E-state index contributed by atoms with van der Waals surface area (Å²) in [5, 5.41) is 17.6. The number of rotatable bonds is 7. The van der Waals surface area contributed by atoms with Crippen LogP contribution in [0.25, 0.3) is 0 Å². The van der Waals surface area contributed by atoms with Gasteiger partial charge in [-0.25, -0.2) is 4.79 Å². The van der Waals surface area contributed by atoms with Gasteiger partial charge in [0.2, 0.25) is 0 Å². The number of esters is 1. The Morgan fingerprint density at radius 3 is 2.25 bits per heavy atom. The molecule has 0 aromatic rings. The fourth-order valence-electron chi connectivity index (χ4n) is 1.50. The van der Waals surface area contributed by atoms with Gasteiger partial charge in [0, 0.05) is 12.5 Å². The predicted molar refractivity (Wildman–Crippen MR) is 82.7 cm³/mol. The van der Waals surface area contributed by atoms with Crippen LogP contribution >= 0.6 is 0 Å². The van der Waals surface area contributed by atoms with Gasteiger partial charge in [0.05, 0.1) is 6.61 Å². The van der Waals surface area contributed by atoms with Crippen LogP contribution in [0, 0.1) is 5.41 Å². The first kappa shape index (κ1) is 19.3. The summed E-state index contributed by atoms with van der Waals surface area (Å²) in [6.45, 7) is 14.4. The van der Waals surface area contributed by atoms with Crippen molar-refractivity contribution >= 4 is 20.0 Å². The third kappa shape index (κ3) is 5.72. The zero-order valence-electron chi connectivity index (χ0n) is 13.7. The molecule has 0 rings (SSSR count). The topological polar surface area (TPSA) is 79.6 Å². The Bertz CT molecular complexity index is 350. The Morgan fingerprint density at radius 1 is 1.35 bits per heavy atom. The monoisotopic (exact) mass is 303 g/mol. The van der Waals surface area contributed by atoms with Crippen molar-refractivity contribution in [2.75, 3.05) is 6.61 Å². The summed E-state index contributed by atoms with van der Waals surface area (Å²) >= 11 is 0. The normalized spacial score (nSPS) is 15.6. The SMILES string of the molecule is CCOC(=O)C(=N)C(O)C[C@H](C)O[Si](C)(C)C(C)(C)C. The summed E-state index contributed by atoms with van der Waals surface area (Å²) < 4.78 is 10.8. The van der Waals surface area contributed by atoms with Gasteiger partial charge in [0.25, 0.3) is 0 Å². The second-order valence-electron chi connectivity index (χ2n) is 6.57. The molecule has 118 valence electrons. The molecule has 0 aliphatic carbocycles. The van der Waals surface area contributed by atoms with Crippen molar-refractivity contribution in [3.63, 3.8) is 0 Å². The highest BCUT2D eigenvalue weighted by atomic mass is 28.4. The largest absolute Gasteiger partial charge is 0.461 e. The van der Waals surface area contributed by atoms with Crippen LogP contribution in [-0.2, 0) is 14.0 Å². The summed E-state index contributed by atoms with van der Waals surface area (Å²) in [5.41, 5.74) is -0.405. The smallest absolute Gasteiger partial charge is 0.354 e.